The molecule has 0 spiro atoms. The molecule has 1 aliphatic rings. The highest BCUT2D eigenvalue weighted by Crippen LogP contribution is 2.28. The normalized spacial score (nSPS) is 16.8. The number of hydrogen-bond acceptors (Lipinski definition) is 3. The highest BCUT2D eigenvalue weighted by Gasteiger charge is 2.32. The van der Waals surface area contributed by atoms with Crippen LogP contribution in [0.4, 0.5) is 0 Å². The van der Waals surface area contributed by atoms with Gasteiger partial charge in [0.25, 0.3) is 0 Å². The van der Waals surface area contributed by atoms with Crippen molar-refractivity contribution in [2.45, 2.75) is 50.1 Å². The van der Waals surface area contributed by atoms with Crippen LogP contribution in [0.3, 0.4) is 0 Å². The number of H-pyrrole nitrogens is 1. The molecule has 19 heavy (non-hydrogen) atoms. The second-order valence-electron chi connectivity index (χ2n) is 5.14. The van der Waals surface area contributed by atoms with Gasteiger partial charge < -0.3 is 10.3 Å². The molecule has 1 saturated carbocycles. The van der Waals surface area contributed by atoms with Crippen molar-refractivity contribution in [2.75, 3.05) is 13.6 Å². The summed E-state index contributed by atoms with van der Waals surface area (Å²) >= 11 is 0. The SMILES string of the molecule is CCCNCc1cc(S(=O)(=O)N(C)C2CCC2)c[nH]1. The molecule has 0 amide bonds. The molecule has 6 heteroatoms. The Balaban J connectivity index is 2.03. The van der Waals surface area contributed by atoms with Gasteiger partial charge in [-0.2, -0.15) is 4.31 Å². The summed E-state index contributed by atoms with van der Waals surface area (Å²) in [6, 6.07) is 1.91. The van der Waals surface area contributed by atoms with Crippen molar-refractivity contribution >= 4 is 10.0 Å². The lowest BCUT2D eigenvalue weighted by atomic mass is 9.94. The monoisotopic (exact) mass is 285 g/mol. The van der Waals surface area contributed by atoms with Crippen molar-refractivity contribution in [3.8, 4) is 0 Å². The lowest BCUT2D eigenvalue weighted by molar-refractivity contribution is 0.249. The molecule has 1 fully saturated rings. The molecule has 1 aromatic rings. The van der Waals surface area contributed by atoms with E-state index < -0.39 is 10.0 Å². The summed E-state index contributed by atoms with van der Waals surface area (Å²) in [5, 5.41) is 3.25. The highest BCUT2D eigenvalue weighted by molar-refractivity contribution is 7.89. The first-order valence-electron chi connectivity index (χ1n) is 6.91. The summed E-state index contributed by atoms with van der Waals surface area (Å²) < 4.78 is 26.3. The van der Waals surface area contributed by atoms with E-state index in [4.69, 9.17) is 0 Å². The molecule has 0 aliphatic heterocycles. The maximum atomic E-state index is 12.4. The fourth-order valence-electron chi connectivity index (χ4n) is 2.18. The van der Waals surface area contributed by atoms with E-state index >= 15 is 0 Å². The number of aromatic nitrogens is 1. The van der Waals surface area contributed by atoms with Crippen LogP contribution in [0.5, 0.6) is 0 Å². The molecule has 1 aliphatic carbocycles. The quantitative estimate of drug-likeness (QED) is 0.749. The molecule has 0 aromatic carbocycles. The van der Waals surface area contributed by atoms with Gasteiger partial charge in [0.15, 0.2) is 0 Å². The van der Waals surface area contributed by atoms with Crippen LogP contribution >= 0.6 is 0 Å². The maximum Gasteiger partial charge on any atom is 0.244 e. The van der Waals surface area contributed by atoms with Gasteiger partial charge >= 0.3 is 0 Å². The minimum Gasteiger partial charge on any atom is -0.363 e. The molecule has 108 valence electrons. The molecular weight excluding hydrogens is 262 g/mol. The highest BCUT2D eigenvalue weighted by atomic mass is 32.2. The Kier molecular flexibility index (Phi) is 4.65. The van der Waals surface area contributed by atoms with Gasteiger partial charge in [-0.1, -0.05) is 13.3 Å². The van der Waals surface area contributed by atoms with E-state index in [0.29, 0.717) is 11.4 Å². The van der Waals surface area contributed by atoms with Gasteiger partial charge in [-0.25, -0.2) is 8.42 Å². The molecule has 1 aromatic heterocycles. The predicted molar refractivity (Wildman–Crippen MR) is 75.4 cm³/mol. The Labute approximate surface area is 115 Å². The molecule has 0 bridgehead atoms. The summed E-state index contributed by atoms with van der Waals surface area (Å²) in [5.74, 6) is 0. The topological polar surface area (TPSA) is 65.2 Å². The fraction of sp³-hybridized carbons (Fsp3) is 0.692. The number of rotatable bonds is 7. The summed E-state index contributed by atoms with van der Waals surface area (Å²) in [6.45, 7) is 3.71. The van der Waals surface area contributed by atoms with Crippen molar-refractivity contribution in [2.24, 2.45) is 0 Å². The number of aromatic amines is 1. The zero-order chi connectivity index (χ0) is 13.9. The predicted octanol–water partition coefficient (Wildman–Crippen LogP) is 1.69. The third kappa shape index (κ3) is 3.19. The Morgan fingerprint density at radius 1 is 1.47 bits per heavy atom. The summed E-state index contributed by atoms with van der Waals surface area (Å²) in [4.78, 5) is 3.40. The minimum atomic E-state index is -3.33. The summed E-state index contributed by atoms with van der Waals surface area (Å²) in [7, 11) is -1.65. The van der Waals surface area contributed by atoms with E-state index in [1.807, 2.05) is 0 Å². The van der Waals surface area contributed by atoms with Gasteiger partial charge in [0, 0.05) is 31.5 Å². The van der Waals surface area contributed by atoms with Crippen LogP contribution in [0.1, 0.15) is 38.3 Å². The van der Waals surface area contributed by atoms with Gasteiger partial charge in [0.05, 0.1) is 4.90 Å². The van der Waals surface area contributed by atoms with Crippen LogP contribution in [-0.2, 0) is 16.6 Å². The molecular formula is C13H23N3O2S. The Morgan fingerprint density at radius 3 is 2.79 bits per heavy atom. The number of nitrogens with zero attached hydrogens (tertiary/aromatic N) is 1. The molecule has 0 unspecified atom stereocenters. The van der Waals surface area contributed by atoms with Crippen molar-refractivity contribution in [1.82, 2.24) is 14.6 Å². The zero-order valence-corrected chi connectivity index (χ0v) is 12.5. The first kappa shape index (κ1) is 14.6. The standard InChI is InChI=1S/C13H23N3O2S/c1-3-7-14-9-11-8-13(10-15-11)19(17,18)16(2)12-5-4-6-12/h8,10,12,14-15H,3-7,9H2,1-2H3. The van der Waals surface area contributed by atoms with E-state index in [9.17, 15) is 8.42 Å². The smallest absolute Gasteiger partial charge is 0.244 e. The lowest BCUT2D eigenvalue weighted by Crippen LogP contribution is -2.41. The Hall–Kier alpha value is -0.850. The van der Waals surface area contributed by atoms with Crippen LogP contribution in [0.15, 0.2) is 17.2 Å². The van der Waals surface area contributed by atoms with Crippen LogP contribution < -0.4 is 5.32 Å². The molecule has 5 nitrogen and oxygen atoms in total. The van der Waals surface area contributed by atoms with Gasteiger partial charge in [-0.3, -0.25) is 0 Å². The van der Waals surface area contributed by atoms with E-state index in [1.165, 1.54) is 4.31 Å². The van der Waals surface area contributed by atoms with Crippen LogP contribution in [0.2, 0.25) is 0 Å². The minimum absolute atomic E-state index is 0.182. The molecule has 0 saturated heterocycles. The second kappa shape index (κ2) is 6.07. The van der Waals surface area contributed by atoms with Crippen molar-refractivity contribution in [1.29, 1.82) is 0 Å². The largest absolute Gasteiger partial charge is 0.363 e. The van der Waals surface area contributed by atoms with Gasteiger partial charge in [0.1, 0.15) is 0 Å². The lowest BCUT2D eigenvalue weighted by Gasteiger charge is -2.33. The van der Waals surface area contributed by atoms with Crippen LogP contribution in [0.25, 0.3) is 0 Å². The maximum absolute atomic E-state index is 12.4. The molecule has 2 rings (SSSR count). The Morgan fingerprint density at radius 2 is 2.21 bits per heavy atom. The third-order valence-electron chi connectivity index (χ3n) is 3.72. The molecule has 0 radical (unpaired) electrons. The average Bonchev–Trinajstić information content (AvgIpc) is 2.76. The zero-order valence-electron chi connectivity index (χ0n) is 11.6. The van der Waals surface area contributed by atoms with Gasteiger partial charge in [0.2, 0.25) is 10.0 Å². The fourth-order valence-corrected chi connectivity index (χ4v) is 3.62. The third-order valence-corrected chi connectivity index (χ3v) is 5.61. The van der Waals surface area contributed by atoms with E-state index in [2.05, 4.69) is 17.2 Å². The van der Waals surface area contributed by atoms with E-state index in [-0.39, 0.29) is 6.04 Å². The van der Waals surface area contributed by atoms with Crippen molar-refractivity contribution in [3.05, 3.63) is 18.0 Å². The summed E-state index contributed by atoms with van der Waals surface area (Å²) in [5.41, 5.74) is 0.911. The van der Waals surface area contributed by atoms with Crippen LogP contribution in [-0.4, -0.2) is 37.3 Å². The van der Waals surface area contributed by atoms with Gasteiger partial charge in [-0.05, 0) is 31.9 Å². The van der Waals surface area contributed by atoms with Crippen molar-refractivity contribution in [3.63, 3.8) is 0 Å². The van der Waals surface area contributed by atoms with Gasteiger partial charge in [-0.15, -0.1) is 0 Å². The van der Waals surface area contributed by atoms with E-state index in [1.54, 1.807) is 19.3 Å². The number of sulfonamides is 1. The Bertz CT molecular complexity index is 506. The molecule has 2 N–H and O–H groups in total. The first-order valence-corrected chi connectivity index (χ1v) is 8.35. The molecule has 0 atom stereocenters. The first-order chi connectivity index (χ1) is 9.05. The number of hydrogen-bond donors (Lipinski definition) is 2. The number of nitrogens with one attached hydrogen (secondary N) is 2. The van der Waals surface area contributed by atoms with Crippen LogP contribution in [0, 0.1) is 0 Å². The second-order valence-corrected chi connectivity index (χ2v) is 7.14. The van der Waals surface area contributed by atoms with Crippen molar-refractivity contribution < 1.29 is 8.42 Å². The average molecular weight is 285 g/mol. The van der Waals surface area contributed by atoms with E-state index in [0.717, 1.165) is 37.9 Å². The summed E-state index contributed by atoms with van der Waals surface area (Å²) in [6.07, 6.45) is 5.74. The molecule has 1 heterocycles.